The lowest BCUT2D eigenvalue weighted by Gasteiger charge is -2.24. The monoisotopic (exact) mass is 395 g/mol. The molecule has 0 radical (unpaired) electrons. The number of nitrogens with zero attached hydrogens (tertiary/aromatic N) is 4. The average Bonchev–Trinajstić information content (AvgIpc) is 3.37. The van der Waals surface area contributed by atoms with Crippen molar-refractivity contribution in [1.29, 1.82) is 0 Å². The highest BCUT2D eigenvalue weighted by Crippen LogP contribution is 2.29. The molecule has 154 valence electrons. The number of hydrogen-bond acceptors (Lipinski definition) is 4. The van der Waals surface area contributed by atoms with Crippen molar-refractivity contribution in [3.05, 3.63) is 40.8 Å². The van der Waals surface area contributed by atoms with Crippen LogP contribution in [-0.2, 0) is 11.8 Å². The third-order valence-electron chi connectivity index (χ3n) is 6.20. The molecule has 2 aromatic heterocycles. The maximum Gasteiger partial charge on any atom is 0.291 e. The summed E-state index contributed by atoms with van der Waals surface area (Å²) < 4.78 is 3.17. The van der Waals surface area contributed by atoms with Crippen LogP contribution in [0, 0.1) is 0 Å². The quantitative estimate of drug-likeness (QED) is 0.696. The number of carbonyl (C=O) groups is 1. The Morgan fingerprint density at radius 1 is 1.17 bits per heavy atom. The average molecular weight is 396 g/mol. The third kappa shape index (κ3) is 3.55. The van der Waals surface area contributed by atoms with E-state index in [-0.39, 0.29) is 11.5 Å². The zero-order valence-electron chi connectivity index (χ0n) is 17.4. The van der Waals surface area contributed by atoms with Crippen LogP contribution < -0.4 is 10.9 Å². The van der Waals surface area contributed by atoms with Gasteiger partial charge in [-0.2, -0.15) is 5.10 Å². The lowest BCUT2D eigenvalue weighted by Crippen LogP contribution is -2.37. The van der Waals surface area contributed by atoms with Gasteiger partial charge in [-0.05, 0) is 52.3 Å². The first-order valence-corrected chi connectivity index (χ1v) is 10.5. The van der Waals surface area contributed by atoms with E-state index in [2.05, 4.69) is 22.2 Å². The summed E-state index contributed by atoms with van der Waals surface area (Å²) in [5.41, 5.74) is 1.21. The summed E-state index contributed by atoms with van der Waals surface area (Å²) in [5.74, 6) is -0.0693. The number of benzene rings is 1. The third-order valence-corrected chi connectivity index (χ3v) is 6.20. The highest BCUT2D eigenvalue weighted by Gasteiger charge is 2.23. The molecule has 1 amide bonds. The molecular weight excluding hydrogens is 366 g/mol. The SMILES string of the molecule is C[C@H](CCNC(=O)[C@@H](C)n1c2ccccc2c2cnn(C)c(=O)c21)N1CCCC1. The van der Waals surface area contributed by atoms with Gasteiger partial charge in [0, 0.05) is 30.4 Å². The Hall–Kier alpha value is -2.67. The predicted octanol–water partition coefficient (Wildman–Crippen LogP) is 2.44. The number of rotatable bonds is 6. The second-order valence-electron chi connectivity index (χ2n) is 8.07. The van der Waals surface area contributed by atoms with Crippen molar-refractivity contribution in [2.75, 3.05) is 19.6 Å². The van der Waals surface area contributed by atoms with Crippen LogP contribution in [0.5, 0.6) is 0 Å². The van der Waals surface area contributed by atoms with Gasteiger partial charge in [0.05, 0.1) is 11.7 Å². The summed E-state index contributed by atoms with van der Waals surface area (Å²) in [5, 5.41) is 8.97. The number of likely N-dealkylation sites (tertiary alicyclic amines) is 1. The number of amides is 1. The molecular formula is C22H29N5O2. The molecule has 0 unspecified atom stereocenters. The molecule has 0 aliphatic carbocycles. The van der Waals surface area contributed by atoms with Crippen molar-refractivity contribution in [3.8, 4) is 0 Å². The molecule has 2 atom stereocenters. The molecule has 0 spiro atoms. The molecule has 7 nitrogen and oxygen atoms in total. The molecule has 1 fully saturated rings. The highest BCUT2D eigenvalue weighted by molar-refractivity contribution is 6.08. The van der Waals surface area contributed by atoms with E-state index >= 15 is 0 Å². The number of carbonyl (C=O) groups excluding carboxylic acids is 1. The van der Waals surface area contributed by atoms with E-state index in [0.717, 1.165) is 35.8 Å². The van der Waals surface area contributed by atoms with Crippen molar-refractivity contribution < 1.29 is 4.79 Å². The summed E-state index contributed by atoms with van der Waals surface area (Å²) in [6, 6.07) is 7.77. The van der Waals surface area contributed by atoms with E-state index < -0.39 is 6.04 Å². The van der Waals surface area contributed by atoms with Gasteiger partial charge in [-0.3, -0.25) is 9.59 Å². The second-order valence-corrected chi connectivity index (χ2v) is 8.07. The summed E-state index contributed by atoms with van der Waals surface area (Å²) in [6.07, 6.45) is 5.17. The van der Waals surface area contributed by atoms with E-state index in [4.69, 9.17) is 0 Å². The molecule has 0 saturated carbocycles. The van der Waals surface area contributed by atoms with Crippen LogP contribution in [0.3, 0.4) is 0 Å². The lowest BCUT2D eigenvalue weighted by molar-refractivity contribution is -0.123. The van der Waals surface area contributed by atoms with Crippen LogP contribution in [-0.4, -0.2) is 50.8 Å². The molecule has 1 N–H and O–H groups in total. The van der Waals surface area contributed by atoms with Crippen LogP contribution in [0.2, 0.25) is 0 Å². The Bertz CT molecular complexity index is 1090. The molecule has 29 heavy (non-hydrogen) atoms. The number of aromatic nitrogens is 3. The van der Waals surface area contributed by atoms with E-state index in [1.165, 1.54) is 17.5 Å². The smallest absolute Gasteiger partial charge is 0.291 e. The topological polar surface area (TPSA) is 72.2 Å². The van der Waals surface area contributed by atoms with Crippen molar-refractivity contribution in [3.63, 3.8) is 0 Å². The van der Waals surface area contributed by atoms with Crippen LogP contribution in [0.25, 0.3) is 21.8 Å². The van der Waals surface area contributed by atoms with Gasteiger partial charge in [0.25, 0.3) is 5.56 Å². The van der Waals surface area contributed by atoms with Crippen molar-refractivity contribution in [2.45, 2.75) is 45.2 Å². The fourth-order valence-electron chi connectivity index (χ4n) is 4.42. The maximum absolute atomic E-state index is 13.0. The van der Waals surface area contributed by atoms with Crippen molar-refractivity contribution in [1.82, 2.24) is 24.6 Å². The number of fused-ring (bicyclic) bond motifs is 3. The number of aryl methyl sites for hydroxylation is 1. The van der Waals surface area contributed by atoms with Gasteiger partial charge in [-0.25, -0.2) is 4.68 Å². The zero-order chi connectivity index (χ0) is 20.5. The first kappa shape index (κ1) is 19.6. The summed E-state index contributed by atoms with van der Waals surface area (Å²) in [4.78, 5) is 28.3. The number of para-hydroxylation sites is 1. The van der Waals surface area contributed by atoms with E-state index in [1.54, 1.807) is 13.2 Å². The molecule has 3 aromatic rings. The summed E-state index contributed by atoms with van der Waals surface area (Å²) in [7, 11) is 1.63. The Kier molecular flexibility index (Phi) is 5.41. The predicted molar refractivity (Wildman–Crippen MR) is 115 cm³/mol. The number of nitrogens with one attached hydrogen (secondary N) is 1. The summed E-state index contributed by atoms with van der Waals surface area (Å²) >= 11 is 0. The highest BCUT2D eigenvalue weighted by atomic mass is 16.2. The molecule has 1 aromatic carbocycles. The second kappa shape index (κ2) is 7.99. The van der Waals surface area contributed by atoms with Crippen LogP contribution >= 0.6 is 0 Å². The van der Waals surface area contributed by atoms with Gasteiger partial charge >= 0.3 is 0 Å². The molecule has 4 rings (SSSR count). The van der Waals surface area contributed by atoms with Gasteiger partial charge in [0.15, 0.2) is 0 Å². The van der Waals surface area contributed by atoms with Gasteiger partial charge in [0.1, 0.15) is 11.6 Å². The Labute approximate surface area is 170 Å². The van der Waals surface area contributed by atoms with E-state index in [1.807, 2.05) is 35.8 Å². The van der Waals surface area contributed by atoms with Crippen LogP contribution in [0.1, 0.15) is 39.2 Å². The molecule has 1 aliphatic heterocycles. The van der Waals surface area contributed by atoms with Gasteiger partial charge in [-0.1, -0.05) is 18.2 Å². The van der Waals surface area contributed by atoms with Gasteiger partial charge in [0.2, 0.25) is 5.91 Å². The van der Waals surface area contributed by atoms with Crippen LogP contribution in [0.15, 0.2) is 35.3 Å². The lowest BCUT2D eigenvalue weighted by atomic mass is 10.2. The largest absolute Gasteiger partial charge is 0.354 e. The fourth-order valence-corrected chi connectivity index (χ4v) is 4.42. The molecule has 0 bridgehead atoms. The Balaban J connectivity index is 1.58. The Morgan fingerprint density at radius 3 is 2.66 bits per heavy atom. The Morgan fingerprint density at radius 2 is 1.90 bits per heavy atom. The minimum Gasteiger partial charge on any atom is -0.354 e. The minimum absolute atomic E-state index is 0.0693. The number of hydrogen-bond donors (Lipinski definition) is 1. The fraction of sp³-hybridized carbons (Fsp3) is 0.500. The van der Waals surface area contributed by atoms with Crippen molar-refractivity contribution in [2.24, 2.45) is 7.05 Å². The standard InChI is InChI=1S/C22H29N5O2/c1-15(26-12-6-7-13-26)10-11-23-21(28)16(2)27-19-9-5-4-8-17(19)18-14-24-25(3)22(29)20(18)27/h4-5,8-9,14-16H,6-7,10-13H2,1-3H3,(H,23,28)/t15-,16-/m1/s1. The molecule has 1 aliphatic rings. The molecule has 1 saturated heterocycles. The van der Waals surface area contributed by atoms with Gasteiger partial charge in [-0.15, -0.1) is 0 Å². The first-order chi connectivity index (χ1) is 14.0. The van der Waals surface area contributed by atoms with Crippen LogP contribution in [0.4, 0.5) is 0 Å². The molecule has 3 heterocycles. The normalized spacial score (nSPS) is 17.1. The zero-order valence-corrected chi connectivity index (χ0v) is 17.4. The maximum atomic E-state index is 13.0. The summed E-state index contributed by atoms with van der Waals surface area (Å²) in [6.45, 7) is 7.03. The first-order valence-electron chi connectivity index (χ1n) is 10.5. The minimum atomic E-state index is -0.491. The van der Waals surface area contributed by atoms with E-state index in [9.17, 15) is 9.59 Å². The molecule has 7 heteroatoms. The van der Waals surface area contributed by atoms with E-state index in [0.29, 0.717) is 18.1 Å². The van der Waals surface area contributed by atoms with Gasteiger partial charge < -0.3 is 14.8 Å². The van der Waals surface area contributed by atoms with Crippen molar-refractivity contribution >= 4 is 27.7 Å².